The third kappa shape index (κ3) is 4.59. The minimum absolute atomic E-state index is 0.170. The molecule has 1 unspecified atom stereocenters. The summed E-state index contributed by atoms with van der Waals surface area (Å²) < 4.78 is 42.7. The average molecular weight is 342 g/mol. The van der Waals surface area contributed by atoms with Crippen LogP contribution in [0, 0.1) is 0 Å². The monoisotopic (exact) mass is 342 g/mol. The topological polar surface area (TPSA) is 91.6 Å². The summed E-state index contributed by atoms with van der Waals surface area (Å²) in [4.78, 5) is 23.3. The van der Waals surface area contributed by atoms with Crippen molar-refractivity contribution in [3.05, 3.63) is 54.0 Å². The lowest BCUT2D eigenvalue weighted by molar-refractivity contribution is -0.137. The third-order valence-electron chi connectivity index (χ3n) is 2.98. The van der Waals surface area contributed by atoms with E-state index in [1.165, 1.54) is 18.4 Å². The Labute approximate surface area is 134 Å². The number of amides is 2. The number of alkyl halides is 3. The van der Waals surface area contributed by atoms with Gasteiger partial charge in [-0.3, -0.25) is 9.59 Å². The van der Waals surface area contributed by atoms with Crippen LogP contribution in [0.5, 0.6) is 0 Å². The SMILES string of the molecule is O=C(NCC(O)c1ccco1)C(=O)Nc1cccc(C(F)(F)F)c1. The first-order valence-electron chi connectivity index (χ1n) is 6.75. The maximum Gasteiger partial charge on any atom is 0.416 e. The van der Waals surface area contributed by atoms with Gasteiger partial charge in [0, 0.05) is 5.69 Å². The lowest BCUT2D eigenvalue weighted by Crippen LogP contribution is -2.37. The molecule has 24 heavy (non-hydrogen) atoms. The number of anilines is 1. The summed E-state index contributed by atoms with van der Waals surface area (Å²) in [5, 5.41) is 13.9. The van der Waals surface area contributed by atoms with Crippen molar-refractivity contribution in [1.29, 1.82) is 0 Å². The summed E-state index contributed by atoms with van der Waals surface area (Å²) in [6, 6.07) is 6.91. The maximum absolute atomic E-state index is 12.6. The van der Waals surface area contributed by atoms with Gasteiger partial charge in [0.15, 0.2) is 0 Å². The molecule has 1 atom stereocenters. The van der Waals surface area contributed by atoms with Crippen molar-refractivity contribution >= 4 is 17.5 Å². The summed E-state index contributed by atoms with van der Waals surface area (Å²) in [7, 11) is 0. The van der Waals surface area contributed by atoms with Crippen LogP contribution in [0.25, 0.3) is 0 Å². The number of hydrogen-bond acceptors (Lipinski definition) is 4. The lowest BCUT2D eigenvalue weighted by Gasteiger charge is -2.11. The van der Waals surface area contributed by atoms with Gasteiger partial charge in [0.05, 0.1) is 18.4 Å². The summed E-state index contributed by atoms with van der Waals surface area (Å²) >= 11 is 0. The van der Waals surface area contributed by atoms with Gasteiger partial charge >= 0.3 is 18.0 Å². The second-order valence-electron chi connectivity index (χ2n) is 4.77. The Morgan fingerprint density at radius 3 is 2.54 bits per heavy atom. The van der Waals surface area contributed by atoms with Gasteiger partial charge in [0.2, 0.25) is 0 Å². The molecule has 128 valence electrons. The van der Waals surface area contributed by atoms with E-state index in [9.17, 15) is 27.9 Å². The van der Waals surface area contributed by atoms with Crippen LogP contribution in [0.15, 0.2) is 47.1 Å². The second kappa shape index (κ2) is 7.18. The van der Waals surface area contributed by atoms with E-state index in [0.29, 0.717) is 6.07 Å². The number of carbonyl (C=O) groups excluding carboxylic acids is 2. The van der Waals surface area contributed by atoms with E-state index in [0.717, 1.165) is 12.1 Å². The van der Waals surface area contributed by atoms with E-state index in [1.54, 1.807) is 6.07 Å². The quantitative estimate of drug-likeness (QED) is 0.742. The summed E-state index contributed by atoms with van der Waals surface area (Å²) in [6.45, 7) is -0.289. The fourth-order valence-electron chi connectivity index (χ4n) is 1.81. The molecule has 0 bridgehead atoms. The van der Waals surface area contributed by atoms with E-state index in [4.69, 9.17) is 4.42 Å². The van der Waals surface area contributed by atoms with Crippen LogP contribution in [0.1, 0.15) is 17.4 Å². The first-order valence-corrected chi connectivity index (χ1v) is 6.75. The molecular weight excluding hydrogens is 329 g/mol. The van der Waals surface area contributed by atoms with Crippen molar-refractivity contribution in [2.75, 3.05) is 11.9 Å². The van der Waals surface area contributed by atoms with Crippen LogP contribution >= 0.6 is 0 Å². The van der Waals surface area contributed by atoms with E-state index in [2.05, 4.69) is 10.6 Å². The number of rotatable bonds is 4. The summed E-state index contributed by atoms with van der Waals surface area (Å²) in [6.07, 6.45) is -4.37. The Hall–Kier alpha value is -2.81. The van der Waals surface area contributed by atoms with Gasteiger partial charge < -0.3 is 20.2 Å². The molecule has 0 aliphatic heterocycles. The molecule has 2 rings (SSSR count). The average Bonchev–Trinajstić information content (AvgIpc) is 3.06. The largest absolute Gasteiger partial charge is 0.467 e. The molecular formula is C15H13F3N2O4. The fourth-order valence-corrected chi connectivity index (χ4v) is 1.81. The first-order chi connectivity index (χ1) is 11.3. The van der Waals surface area contributed by atoms with Crippen molar-refractivity contribution in [2.45, 2.75) is 12.3 Å². The first kappa shape index (κ1) is 17.5. The summed E-state index contributed by atoms with van der Waals surface area (Å²) in [5.41, 5.74) is -1.12. The number of carbonyl (C=O) groups is 2. The Morgan fingerprint density at radius 2 is 1.92 bits per heavy atom. The Kier molecular flexibility index (Phi) is 5.24. The van der Waals surface area contributed by atoms with E-state index < -0.39 is 29.7 Å². The highest BCUT2D eigenvalue weighted by atomic mass is 19.4. The summed E-state index contributed by atoms with van der Waals surface area (Å²) in [5.74, 6) is -2.05. The molecule has 1 aromatic heterocycles. The number of nitrogens with one attached hydrogen (secondary N) is 2. The molecule has 0 radical (unpaired) electrons. The molecule has 1 heterocycles. The minimum atomic E-state index is -4.56. The van der Waals surface area contributed by atoms with Crippen molar-refractivity contribution in [3.8, 4) is 0 Å². The number of hydrogen-bond donors (Lipinski definition) is 3. The lowest BCUT2D eigenvalue weighted by atomic mass is 10.2. The van der Waals surface area contributed by atoms with Gasteiger partial charge in [-0.15, -0.1) is 0 Å². The minimum Gasteiger partial charge on any atom is -0.467 e. The molecule has 0 fully saturated rings. The molecule has 0 aliphatic rings. The van der Waals surface area contributed by atoms with Gasteiger partial charge in [-0.1, -0.05) is 6.07 Å². The Morgan fingerprint density at radius 1 is 1.17 bits per heavy atom. The normalized spacial score (nSPS) is 12.5. The van der Waals surface area contributed by atoms with Crippen LogP contribution in [0.4, 0.5) is 18.9 Å². The molecule has 2 amide bonds. The zero-order valence-electron chi connectivity index (χ0n) is 12.1. The highest BCUT2D eigenvalue weighted by Crippen LogP contribution is 2.30. The molecule has 0 saturated carbocycles. The molecule has 0 aliphatic carbocycles. The molecule has 6 nitrogen and oxygen atoms in total. The third-order valence-corrected chi connectivity index (χ3v) is 2.98. The van der Waals surface area contributed by atoms with Gasteiger partial charge in [-0.25, -0.2) is 0 Å². The fraction of sp³-hybridized carbons (Fsp3) is 0.200. The van der Waals surface area contributed by atoms with E-state index >= 15 is 0 Å². The zero-order valence-corrected chi connectivity index (χ0v) is 12.1. The second-order valence-corrected chi connectivity index (χ2v) is 4.77. The van der Waals surface area contributed by atoms with Crippen molar-refractivity contribution in [1.82, 2.24) is 5.32 Å². The number of aliphatic hydroxyl groups is 1. The molecule has 0 spiro atoms. The van der Waals surface area contributed by atoms with Crippen molar-refractivity contribution in [3.63, 3.8) is 0 Å². The van der Waals surface area contributed by atoms with Crippen LogP contribution in [-0.2, 0) is 15.8 Å². The van der Waals surface area contributed by atoms with Gasteiger partial charge in [-0.05, 0) is 30.3 Å². The number of aliphatic hydroxyl groups excluding tert-OH is 1. The van der Waals surface area contributed by atoms with Crippen molar-refractivity contribution in [2.24, 2.45) is 0 Å². The van der Waals surface area contributed by atoms with Crippen LogP contribution in [0.2, 0.25) is 0 Å². The van der Waals surface area contributed by atoms with Crippen LogP contribution < -0.4 is 10.6 Å². The number of halogens is 3. The molecule has 2 aromatic rings. The smallest absolute Gasteiger partial charge is 0.416 e. The molecule has 9 heteroatoms. The van der Waals surface area contributed by atoms with Gasteiger partial charge in [-0.2, -0.15) is 13.2 Å². The molecule has 0 saturated heterocycles. The van der Waals surface area contributed by atoms with E-state index in [1.807, 2.05) is 0 Å². The maximum atomic E-state index is 12.6. The highest BCUT2D eigenvalue weighted by Gasteiger charge is 2.30. The zero-order chi connectivity index (χ0) is 17.7. The van der Waals surface area contributed by atoms with Gasteiger partial charge in [0.1, 0.15) is 11.9 Å². The Balaban J connectivity index is 1.91. The highest BCUT2D eigenvalue weighted by molar-refractivity contribution is 6.39. The van der Waals surface area contributed by atoms with E-state index in [-0.39, 0.29) is 18.0 Å². The number of furan rings is 1. The molecule has 1 aromatic carbocycles. The Bertz CT molecular complexity index is 714. The molecule has 3 N–H and O–H groups in total. The van der Waals surface area contributed by atoms with Gasteiger partial charge in [0.25, 0.3) is 0 Å². The van der Waals surface area contributed by atoms with Crippen LogP contribution in [-0.4, -0.2) is 23.5 Å². The predicted octanol–water partition coefficient (Wildman–Crippen LogP) is 2.09. The number of benzene rings is 1. The van der Waals surface area contributed by atoms with Crippen molar-refractivity contribution < 1.29 is 32.3 Å². The van der Waals surface area contributed by atoms with Crippen LogP contribution in [0.3, 0.4) is 0 Å². The predicted molar refractivity (Wildman–Crippen MR) is 76.8 cm³/mol. The standard InChI is InChI=1S/C15H13F3N2O4/c16-15(17,18)9-3-1-4-10(7-9)20-14(23)13(22)19-8-11(21)12-5-2-6-24-12/h1-7,11,21H,8H2,(H,19,22)(H,20,23).